The van der Waals surface area contributed by atoms with E-state index in [0.717, 1.165) is 39.8 Å². The smallest absolute Gasteiger partial charge is 0.181 e. The van der Waals surface area contributed by atoms with Crippen LogP contribution in [0.4, 0.5) is 5.82 Å². The lowest BCUT2D eigenvalue weighted by molar-refractivity contribution is 0.308. The van der Waals surface area contributed by atoms with Crippen LogP contribution in [0.1, 0.15) is 18.1 Å². The van der Waals surface area contributed by atoms with E-state index in [9.17, 15) is 0 Å². The Morgan fingerprint density at radius 1 is 0.765 bits per heavy atom. The Morgan fingerprint density at radius 2 is 1.47 bits per heavy atom. The van der Waals surface area contributed by atoms with Crippen LogP contribution in [0.5, 0.6) is 11.5 Å². The van der Waals surface area contributed by atoms with Crippen LogP contribution < -0.4 is 14.8 Å². The van der Waals surface area contributed by atoms with Gasteiger partial charge in [-0.15, -0.1) is 0 Å². The fourth-order valence-corrected chi connectivity index (χ4v) is 3.92. The summed E-state index contributed by atoms with van der Waals surface area (Å²) in [7, 11) is 0. The number of fused-ring (bicyclic) bond motifs is 1. The predicted octanol–water partition coefficient (Wildman–Crippen LogP) is 6.59. The minimum Gasteiger partial charge on any atom is -0.494 e. The molecule has 0 unspecified atom stereocenters. The summed E-state index contributed by atoms with van der Waals surface area (Å²) in [5.41, 5.74) is 4.97. The minimum absolute atomic E-state index is 0.485. The van der Waals surface area contributed by atoms with Gasteiger partial charge in [-0.2, -0.15) is 0 Å². The molecule has 0 amide bonds. The molecule has 5 rings (SSSR count). The summed E-state index contributed by atoms with van der Waals surface area (Å²) in [6.07, 6.45) is 2.02. The van der Waals surface area contributed by atoms with Crippen molar-refractivity contribution in [3.63, 3.8) is 0 Å². The Bertz CT molecular complexity index is 1350. The van der Waals surface area contributed by atoms with E-state index in [1.54, 1.807) is 0 Å². The number of pyridine rings is 1. The van der Waals surface area contributed by atoms with Gasteiger partial charge in [0.1, 0.15) is 23.9 Å². The van der Waals surface area contributed by atoms with Crippen molar-refractivity contribution in [2.24, 2.45) is 0 Å². The van der Waals surface area contributed by atoms with Crippen molar-refractivity contribution < 1.29 is 9.47 Å². The molecule has 0 atom stereocenters. The van der Waals surface area contributed by atoms with Crippen LogP contribution in [0, 0.1) is 0 Å². The maximum atomic E-state index is 6.19. The second-order valence-electron chi connectivity index (χ2n) is 7.95. The molecule has 34 heavy (non-hydrogen) atoms. The molecule has 2 heterocycles. The molecule has 0 aliphatic rings. The fourth-order valence-electron chi connectivity index (χ4n) is 3.92. The van der Waals surface area contributed by atoms with Gasteiger partial charge in [0.25, 0.3) is 0 Å². The molecule has 2 aromatic heterocycles. The molecule has 3 aromatic carbocycles. The molecule has 0 radical (unpaired) electrons. The first kappa shape index (κ1) is 21.6. The van der Waals surface area contributed by atoms with Gasteiger partial charge < -0.3 is 14.8 Å². The fraction of sp³-hybridized carbons (Fsp3) is 0.138. The van der Waals surface area contributed by atoms with Gasteiger partial charge in [0.05, 0.1) is 6.61 Å². The van der Waals surface area contributed by atoms with Gasteiger partial charge in [-0.1, -0.05) is 60.7 Å². The largest absolute Gasteiger partial charge is 0.494 e. The number of aromatic nitrogens is 2. The van der Waals surface area contributed by atoms with Gasteiger partial charge in [0, 0.05) is 18.3 Å². The lowest BCUT2D eigenvalue weighted by Crippen LogP contribution is -2.04. The van der Waals surface area contributed by atoms with Gasteiger partial charge in [-0.05, 0) is 54.4 Å². The molecule has 0 spiro atoms. The maximum absolute atomic E-state index is 6.19. The predicted molar refractivity (Wildman–Crippen MR) is 136 cm³/mol. The number of nitrogens with zero attached hydrogens (tertiary/aromatic N) is 2. The number of ether oxygens (including phenoxy) is 2. The molecule has 0 aliphatic carbocycles. The van der Waals surface area contributed by atoms with Crippen LogP contribution in [0.2, 0.25) is 0 Å². The average molecular weight is 450 g/mol. The third-order valence-electron chi connectivity index (χ3n) is 5.59. The SMILES string of the molecule is CCOc1ccc(-c2nc3c(OCc4ccccc4)cccn3c2NCc2ccccc2)cc1. The van der Waals surface area contributed by atoms with Crippen molar-refractivity contribution in [1.29, 1.82) is 0 Å². The first-order chi connectivity index (χ1) is 16.8. The zero-order chi connectivity index (χ0) is 23.2. The third-order valence-corrected chi connectivity index (χ3v) is 5.59. The van der Waals surface area contributed by atoms with Crippen molar-refractivity contribution >= 4 is 11.5 Å². The summed E-state index contributed by atoms with van der Waals surface area (Å²) in [4.78, 5) is 5.02. The number of hydrogen-bond donors (Lipinski definition) is 1. The Morgan fingerprint density at radius 3 is 2.18 bits per heavy atom. The average Bonchev–Trinajstić information content (AvgIpc) is 3.27. The molecule has 0 saturated carbocycles. The number of anilines is 1. The summed E-state index contributed by atoms with van der Waals surface area (Å²) in [5, 5.41) is 3.61. The maximum Gasteiger partial charge on any atom is 0.181 e. The summed E-state index contributed by atoms with van der Waals surface area (Å²) in [5.74, 6) is 2.51. The minimum atomic E-state index is 0.485. The molecule has 0 saturated heterocycles. The highest BCUT2D eigenvalue weighted by Gasteiger charge is 2.17. The summed E-state index contributed by atoms with van der Waals surface area (Å²) in [6.45, 7) is 3.80. The summed E-state index contributed by atoms with van der Waals surface area (Å²) < 4.78 is 13.9. The van der Waals surface area contributed by atoms with Crippen LogP contribution in [0.25, 0.3) is 16.9 Å². The van der Waals surface area contributed by atoms with Crippen molar-refractivity contribution in [3.8, 4) is 22.8 Å². The van der Waals surface area contributed by atoms with Gasteiger partial charge >= 0.3 is 0 Å². The molecular weight excluding hydrogens is 422 g/mol. The van der Waals surface area contributed by atoms with E-state index in [4.69, 9.17) is 14.5 Å². The number of benzene rings is 3. The highest BCUT2D eigenvalue weighted by Crippen LogP contribution is 2.33. The Hall–Kier alpha value is -4.25. The zero-order valence-electron chi connectivity index (χ0n) is 19.1. The van der Waals surface area contributed by atoms with E-state index in [1.807, 2.05) is 85.9 Å². The number of rotatable bonds is 9. The van der Waals surface area contributed by atoms with E-state index < -0.39 is 0 Å². The number of nitrogens with one attached hydrogen (secondary N) is 1. The van der Waals surface area contributed by atoms with Gasteiger partial charge in [-0.25, -0.2) is 4.98 Å². The quantitative estimate of drug-likeness (QED) is 0.276. The molecule has 5 aromatic rings. The van der Waals surface area contributed by atoms with Crippen molar-refractivity contribution in [2.75, 3.05) is 11.9 Å². The van der Waals surface area contributed by atoms with Crippen molar-refractivity contribution in [3.05, 3.63) is 114 Å². The van der Waals surface area contributed by atoms with Crippen LogP contribution in [-0.4, -0.2) is 16.0 Å². The van der Waals surface area contributed by atoms with E-state index in [-0.39, 0.29) is 0 Å². The Labute approximate surface area is 199 Å². The Balaban J connectivity index is 1.52. The third kappa shape index (κ3) is 4.74. The second-order valence-corrected chi connectivity index (χ2v) is 7.95. The molecule has 5 heteroatoms. The van der Waals surface area contributed by atoms with Gasteiger partial charge in [-0.3, -0.25) is 4.40 Å². The standard InChI is InChI=1S/C29H27N3O2/c1-2-33-25-17-15-24(16-18-25)27-29(30-20-22-10-5-3-6-11-22)32-19-9-14-26(28(32)31-27)34-21-23-12-7-4-8-13-23/h3-19,30H,2,20-21H2,1H3. The Kier molecular flexibility index (Phi) is 6.43. The normalized spacial score (nSPS) is 10.9. The summed E-state index contributed by atoms with van der Waals surface area (Å²) in [6, 6.07) is 32.5. The van der Waals surface area contributed by atoms with E-state index in [1.165, 1.54) is 5.56 Å². The molecule has 5 nitrogen and oxygen atoms in total. The van der Waals surface area contributed by atoms with Crippen LogP contribution in [-0.2, 0) is 13.2 Å². The molecule has 0 fully saturated rings. The van der Waals surface area contributed by atoms with Gasteiger partial charge in [0.2, 0.25) is 0 Å². The first-order valence-corrected chi connectivity index (χ1v) is 11.5. The second kappa shape index (κ2) is 10.1. The van der Waals surface area contributed by atoms with Crippen LogP contribution in [0.15, 0.2) is 103 Å². The topological polar surface area (TPSA) is 47.8 Å². The lowest BCUT2D eigenvalue weighted by Gasteiger charge is -2.11. The van der Waals surface area contributed by atoms with E-state index in [2.05, 4.69) is 34.0 Å². The van der Waals surface area contributed by atoms with E-state index in [0.29, 0.717) is 19.8 Å². The monoisotopic (exact) mass is 449 g/mol. The molecule has 170 valence electrons. The van der Waals surface area contributed by atoms with E-state index >= 15 is 0 Å². The van der Waals surface area contributed by atoms with Gasteiger partial charge in [0.15, 0.2) is 11.4 Å². The van der Waals surface area contributed by atoms with Crippen molar-refractivity contribution in [2.45, 2.75) is 20.1 Å². The molecular formula is C29H27N3O2. The van der Waals surface area contributed by atoms with Crippen LogP contribution >= 0.6 is 0 Å². The highest BCUT2D eigenvalue weighted by molar-refractivity contribution is 5.78. The first-order valence-electron chi connectivity index (χ1n) is 11.5. The highest BCUT2D eigenvalue weighted by atomic mass is 16.5. The summed E-state index contributed by atoms with van der Waals surface area (Å²) >= 11 is 0. The van der Waals surface area contributed by atoms with Crippen LogP contribution in [0.3, 0.4) is 0 Å². The van der Waals surface area contributed by atoms with Crippen molar-refractivity contribution in [1.82, 2.24) is 9.38 Å². The molecule has 0 aliphatic heterocycles. The number of imidazole rings is 1. The molecule has 1 N–H and O–H groups in total. The lowest BCUT2D eigenvalue weighted by atomic mass is 10.1. The molecule has 0 bridgehead atoms. The number of hydrogen-bond acceptors (Lipinski definition) is 4. The zero-order valence-corrected chi connectivity index (χ0v) is 19.1.